The van der Waals surface area contributed by atoms with Gasteiger partial charge in [-0.1, -0.05) is 0 Å². The first kappa shape index (κ1) is 13.5. The summed E-state index contributed by atoms with van der Waals surface area (Å²) in [5.41, 5.74) is 0. The number of methoxy groups -OCH3 is 2. The Kier molecular flexibility index (Phi) is 4.91. The summed E-state index contributed by atoms with van der Waals surface area (Å²) in [5.74, 6) is -0.900. The number of carbonyl (C=O) groups is 2. The molecule has 1 aliphatic rings. The predicted octanol–water partition coefficient (Wildman–Crippen LogP) is 0.290. The van der Waals surface area contributed by atoms with Crippen molar-refractivity contribution in [1.29, 1.82) is 0 Å². The van der Waals surface area contributed by atoms with Crippen molar-refractivity contribution in [2.75, 3.05) is 27.4 Å². The van der Waals surface area contributed by atoms with Gasteiger partial charge in [0.2, 0.25) is 0 Å². The van der Waals surface area contributed by atoms with E-state index in [2.05, 4.69) is 14.3 Å². The maximum absolute atomic E-state index is 11.5. The lowest BCUT2D eigenvalue weighted by atomic mass is 9.93. The molecule has 0 radical (unpaired) electrons. The number of likely N-dealkylation sites (tertiary alicyclic amines) is 1. The molecule has 0 spiro atoms. The van der Waals surface area contributed by atoms with Crippen LogP contribution in [0.2, 0.25) is 0 Å². The van der Waals surface area contributed by atoms with Gasteiger partial charge in [0, 0.05) is 6.54 Å². The van der Waals surface area contributed by atoms with Gasteiger partial charge >= 0.3 is 11.9 Å². The van der Waals surface area contributed by atoms with Crippen LogP contribution in [0.4, 0.5) is 0 Å². The van der Waals surface area contributed by atoms with Crippen molar-refractivity contribution in [3.8, 4) is 0 Å². The predicted molar refractivity (Wildman–Crippen MR) is 58.7 cm³/mol. The van der Waals surface area contributed by atoms with Gasteiger partial charge < -0.3 is 9.47 Å². The van der Waals surface area contributed by atoms with E-state index in [1.165, 1.54) is 14.2 Å². The molecule has 17 heavy (non-hydrogen) atoms. The zero-order chi connectivity index (χ0) is 12.8. The zero-order valence-corrected chi connectivity index (χ0v) is 10.0. The number of nitrogens with zero attached hydrogens (tertiary/aromatic N) is 2. The Hall–Kier alpha value is -1.61. The number of esters is 2. The quantitative estimate of drug-likeness (QED) is 0.524. The summed E-state index contributed by atoms with van der Waals surface area (Å²) in [6.45, 7) is 7.32. The van der Waals surface area contributed by atoms with Gasteiger partial charge in [-0.15, -0.1) is 0 Å². The van der Waals surface area contributed by atoms with Crippen LogP contribution in [0.25, 0.3) is 4.85 Å². The number of ether oxygens (including phenoxy) is 2. The fourth-order valence-electron chi connectivity index (χ4n) is 2.05. The number of hydrogen-bond acceptors (Lipinski definition) is 5. The summed E-state index contributed by atoms with van der Waals surface area (Å²) in [4.78, 5) is 27.9. The van der Waals surface area contributed by atoms with Crippen LogP contribution in [0.3, 0.4) is 0 Å². The van der Waals surface area contributed by atoms with Crippen molar-refractivity contribution in [2.45, 2.75) is 18.9 Å². The van der Waals surface area contributed by atoms with Crippen LogP contribution in [-0.2, 0) is 19.1 Å². The van der Waals surface area contributed by atoms with E-state index in [0.717, 1.165) is 0 Å². The van der Waals surface area contributed by atoms with E-state index < -0.39 is 6.04 Å². The Morgan fingerprint density at radius 3 is 2.47 bits per heavy atom. The number of rotatable bonds is 3. The van der Waals surface area contributed by atoms with Gasteiger partial charge in [0.1, 0.15) is 6.04 Å². The number of piperidine rings is 1. The molecule has 6 nitrogen and oxygen atoms in total. The van der Waals surface area contributed by atoms with Gasteiger partial charge in [0.05, 0.1) is 20.1 Å². The first-order valence-electron chi connectivity index (χ1n) is 5.37. The van der Waals surface area contributed by atoms with Crippen LogP contribution in [0.15, 0.2) is 0 Å². The van der Waals surface area contributed by atoms with Gasteiger partial charge in [-0.25, -0.2) is 11.5 Å². The minimum absolute atomic E-state index is 0.0905. The summed E-state index contributed by atoms with van der Waals surface area (Å²) < 4.78 is 9.37. The fourth-order valence-corrected chi connectivity index (χ4v) is 2.05. The van der Waals surface area contributed by atoms with Gasteiger partial charge in [0.25, 0.3) is 6.67 Å². The molecule has 0 amide bonds. The number of carbonyl (C=O) groups excluding carboxylic acids is 2. The van der Waals surface area contributed by atoms with Crippen LogP contribution in [0, 0.1) is 12.5 Å². The Balaban J connectivity index is 2.71. The molecule has 0 aromatic carbocycles. The highest BCUT2D eigenvalue weighted by atomic mass is 16.5. The molecular formula is C11H16N2O4. The van der Waals surface area contributed by atoms with Crippen molar-refractivity contribution in [3.63, 3.8) is 0 Å². The average Bonchev–Trinajstić information content (AvgIpc) is 2.37. The Bertz CT molecular complexity index is 337. The van der Waals surface area contributed by atoms with E-state index >= 15 is 0 Å². The SMILES string of the molecule is [C-]#[N+]CN1C[C@@H](C(=O)OC)CC[C@H]1C(=O)OC. The highest BCUT2D eigenvalue weighted by Crippen LogP contribution is 2.23. The molecule has 1 aliphatic heterocycles. The van der Waals surface area contributed by atoms with Gasteiger partial charge in [-0.3, -0.25) is 14.4 Å². The van der Waals surface area contributed by atoms with Crippen LogP contribution in [0.5, 0.6) is 0 Å². The molecular weight excluding hydrogens is 224 g/mol. The summed E-state index contributed by atoms with van der Waals surface area (Å²) in [7, 11) is 2.67. The third kappa shape index (κ3) is 3.17. The standard InChI is InChI=1S/C11H16N2O4/c1-12-7-13-6-8(10(14)16-2)4-5-9(13)11(15)17-3/h8-9H,4-7H2,2-3H3/t8-,9-/m0/s1. The van der Waals surface area contributed by atoms with Gasteiger partial charge in [-0.05, 0) is 12.8 Å². The highest BCUT2D eigenvalue weighted by molar-refractivity contribution is 5.77. The molecule has 94 valence electrons. The Labute approximate surface area is 100 Å². The molecule has 2 atom stereocenters. The third-order valence-corrected chi connectivity index (χ3v) is 2.94. The highest BCUT2D eigenvalue weighted by Gasteiger charge is 2.37. The molecule has 0 bridgehead atoms. The molecule has 1 rings (SSSR count). The zero-order valence-electron chi connectivity index (χ0n) is 10.0. The molecule has 0 saturated carbocycles. The molecule has 0 unspecified atom stereocenters. The van der Waals surface area contributed by atoms with E-state index in [-0.39, 0.29) is 24.5 Å². The summed E-state index contributed by atoms with van der Waals surface area (Å²) in [6, 6.07) is -0.421. The molecule has 6 heteroatoms. The first-order chi connectivity index (χ1) is 8.13. The topological polar surface area (TPSA) is 60.2 Å². The van der Waals surface area contributed by atoms with Gasteiger partial charge in [-0.2, -0.15) is 0 Å². The minimum atomic E-state index is -0.421. The van der Waals surface area contributed by atoms with E-state index in [1.807, 2.05) is 0 Å². The van der Waals surface area contributed by atoms with Crippen molar-refractivity contribution < 1.29 is 19.1 Å². The van der Waals surface area contributed by atoms with Gasteiger partial charge in [0.15, 0.2) is 0 Å². The maximum atomic E-state index is 11.5. The second-order valence-electron chi connectivity index (χ2n) is 3.91. The Morgan fingerprint density at radius 2 is 1.94 bits per heavy atom. The molecule has 1 saturated heterocycles. The second kappa shape index (κ2) is 6.21. The lowest BCUT2D eigenvalue weighted by molar-refractivity contribution is -0.155. The number of hydrogen-bond donors (Lipinski definition) is 0. The molecule has 1 heterocycles. The van der Waals surface area contributed by atoms with E-state index in [9.17, 15) is 9.59 Å². The van der Waals surface area contributed by atoms with E-state index in [4.69, 9.17) is 6.57 Å². The molecule has 0 aliphatic carbocycles. The van der Waals surface area contributed by atoms with Crippen LogP contribution in [0.1, 0.15) is 12.8 Å². The largest absolute Gasteiger partial charge is 0.469 e. The van der Waals surface area contributed by atoms with E-state index in [1.54, 1.807) is 4.90 Å². The summed E-state index contributed by atoms with van der Waals surface area (Å²) in [6.07, 6.45) is 1.10. The minimum Gasteiger partial charge on any atom is -0.469 e. The lowest BCUT2D eigenvalue weighted by Gasteiger charge is -2.33. The lowest BCUT2D eigenvalue weighted by Crippen LogP contribution is -2.49. The van der Waals surface area contributed by atoms with E-state index in [0.29, 0.717) is 19.4 Å². The van der Waals surface area contributed by atoms with Crippen molar-refractivity contribution in [2.24, 2.45) is 5.92 Å². The monoisotopic (exact) mass is 240 g/mol. The van der Waals surface area contributed by atoms with Crippen molar-refractivity contribution in [3.05, 3.63) is 11.4 Å². The Morgan fingerprint density at radius 1 is 1.29 bits per heavy atom. The third-order valence-electron chi connectivity index (χ3n) is 2.94. The molecule has 1 fully saturated rings. The average molecular weight is 240 g/mol. The molecule has 0 N–H and O–H groups in total. The maximum Gasteiger partial charge on any atom is 0.323 e. The molecule has 0 aromatic heterocycles. The fraction of sp³-hybridized carbons (Fsp3) is 0.727. The van der Waals surface area contributed by atoms with Crippen LogP contribution in [-0.4, -0.2) is 50.3 Å². The second-order valence-corrected chi connectivity index (χ2v) is 3.91. The first-order valence-corrected chi connectivity index (χ1v) is 5.37. The van der Waals surface area contributed by atoms with Crippen LogP contribution >= 0.6 is 0 Å². The smallest absolute Gasteiger partial charge is 0.323 e. The van der Waals surface area contributed by atoms with Crippen LogP contribution < -0.4 is 0 Å². The molecule has 0 aromatic rings. The van der Waals surface area contributed by atoms with Crippen molar-refractivity contribution >= 4 is 11.9 Å². The summed E-state index contributed by atoms with van der Waals surface area (Å²) in [5, 5.41) is 0. The van der Waals surface area contributed by atoms with Crippen molar-refractivity contribution in [1.82, 2.24) is 4.90 Å². The summed E-state index contributed by atoms with van der Waals surface area (Å²) >= 11 is 0. The normalized spacial score (nSPS) is 24.8.